The monoisotopic (exact) mass is 487 g/mol. The van der Waals surface area contributed by atoms with Crippen LogP contribution in [0.3, 0.4) is 0 Å². The Morgan fingerprint density at radius 3 is 1.84 bits per heavy atom. The van der Waals surface area contributed by atoms with Gasteiger partial charge >= 0.3 is 0 Å². The predicted octanol–water partition coefficient (Wildman–Crippen LogP) is 5.05. The fourth-order valence-corrected chi connectivity index (χ4v) is 4.99. The van der Waals surface area contributed by atoms with Gasteiger partial charge in [0.05, 0.1) is 19.6 Å². The van der Waals surface area contributed by atoms with Crippen LogP contribution in [-0.4, -0.2) is 24.1 Å². The number of halogens is 1. The van der Waals surface area contributed by atoms with Gasteiger partial charge in [-0.3, -0.25) is 0 Å². The molecule has 0 saturated heterocycles. The molecule has 0 saturated carbocycles. The van der Waals surface area contributed by atoms with Gasteiger partial charge in [0.15, 0.2) is 0 Å². The van der Waals surface area contributed by atoms with Crippen LogP contribution in [0.2, 0.25) is 0 Å². The highest BCUT2D eigenvalue weighted by Crippen LogP contribution is 2.24. The molecule has 0 aliphatic heterocycles. The molecule has 0 aliphatic rings. The molecule has 2 aromatic carbocycles. The Morgan fingerprint density at radius 1 is 0.677 bits per heavy atom. The van der Waals surface area contributed by atoms with Gasteiger partial charge in [0, 0.05) is 11.5 Å². The van der Waals surface area contributed by atoms with Crippen LogP contribution in [0.5, 0.6) is 0 Å². The van der Waals surface area contributed by atoms with Gasteiger partial charge in [-0.15, -0.1) is 0 Å². The van der Waals surface area contributed by atoms with Gasteiger partial charge in [0.2, 0.25) is 0 Å². The van der Waals surface area contributed by atoms with E-state index in [0.29, 0.717) is 0 Å². The topological polar surface area (TPSA) is 0 Å². The Labute approximate surface area is 203 Å². The zero-order valence-corrected chi connectivity index (χ0v) is 22.0. The van der Waals surface area contributed by atoms with Crippen LogP contribution >= 0.6 is 0 Å². The van der Waals surface area contributed by atoms with Crippen molar-refractivity contribution in [3.05, 3.63) is 71.8 Å². The number of hydrogen-bond donors (Lipinski definition) is 0. The van der Waals surface area contributed by atoms with Crippen LogP contribution in [0.1, 0.15) is 83.3 Å². The molecule has 0 spiro atoms. The minimum absolute atomic E-state index is 0. The summed E-state index contributed by atoms with van der Waals surface area (Å²) in [4.78, 5) is 0. The molecule has 0 aromatic heterocycles. The predicted molar refractivity (Wildman–Crippen MR) is 133 cm³/mol. The molecular weight excluding hydrogens is 442 g/mol. The lowest BCUT2D eigenvalue weighted by Crippen LogP contribution is -3.00. The molecule has 2 heteroatoms. The molecule has 31 heavy (non-hydrogen) atoms. The quantitative estimate of drug-likeness (QED) is 0.229. The van der Waals surface area contributed by atoms with E-state index in [1.165, 1.54) is 99.6 Å². The Balaban J connectivity index is 0.00000480. The van der Waals surface area contributed by atoms with Crippen LogP contribution in [0.15, 0.2) is 60.7 Å². The minimum Gasteiger partial charge on any atom is -1.00 e. The highest BCUT2D eigenvalue weighted by atomic mass is 79.9. The van der Waals surface area contributed by atoms with Crippen molar-refractivity contribution in [2.75, 3.05) is 19.6 Å². The third-order valence-electron chi connectivity index (χ3n) is 6.73. The first-order valence-corrected chi connectivity index (χ1v) is 12.6. The zero-order chi connectivity index (χ0) is 21.5. The highest BCUT2D eigenvalue weighted by Gasteiger charge is 2.29. The van der Waals surface area contributed by atoms with Gasteiger partial charge in [-0.25, -0.2) is 0 Å². The van der Waals surface area contributed by atoms with Crippen LogP contribution < -0.4 is 17.0 Å². The SMILES string of the molecule is CCCCCCCC[N+](CC)(Cc1ccccc1)CC(CCC)Cc1ccccc1.[Br-]. The number of rotatable bonds is 16. The Bertz CT molecular complexity index is 657. The summed E-state index contributed by atoms with van der Waals surface area (Å²) in [6, 6.07) is 22.4. The van der Waals surface area contributed by atoms with E-state index in [2.05, 4.69) is 81.4 Å². The summed E-state index contributed by atoms with van der Waals surface area (Å²) in [6.45, 7) is 12.1. The molecule has 2 rings (SSSR count). The molecule has 0 amide bonds. The molecule has 2 unspecified atom stereocenters. The van der Waals surface area contributed by atoms with Gasteiger partial charge in [-0.1, -0.05) is 107 Å². The van der Waals surface area contributed by atoms with Crippen LogP contribution in [0, 0.1) is 5.92 Å². The first-order chi connectivity index (χ1) is 14.7. The lowest BCUT2D eigenvalue weighted by molar-refractivity contribution is -0.942. The highest BCUT2D eigenvalue weighted by molar-refractivity contribution is 5.15. The van der Waals surface area contributed by atoms with Crippen molar-refractivity contribution < 1.29 is 21.5 Å². The van der Waals surface area contributed by atoms with Gasteiger partial charge in [0.1, 0.15) is 6.54 Å². The molecule has 0 heterocycles. The third-order valence-corrected chi connectivity index (χ3v) is 6.73. The van der Waals surface area contributed by atoms with Gasteiger partial charge in [-0.05, 0) is 38.2 Å². The number of benzene rings is 2. The maximum Gasteiger partial charge on any atom is 0.104 e. The largest absolute Gasteiger partial charge is 1.00 e. The maximum absolute atomic E-state index is 2.42. The molecule has 1 nitrogen and oxygen atoms in total. The van der Waals surface area contributed by atoms with Gasteiger partial charge < -0.3 is 21.5 Å². The van der Waals surface area contributed by atoms with Crippen molar-refractivity contribution in [3.63, 3.8) is 0 Å². The Hall–Kier alpha value is -1.12. The van der Waals surface area contributed by atoms with Crippen molar-refractivity contribution in [2.45, 2.75) is 85.1 Å². The molecule has 2 atom stereocenters. The van der Waals surface area contributed by atoms with Crippen LogP contribution in [0.4, 0.5) is 0 Å². The Morgan fingerprint density at radius 2 is 1.26 bits per heavy atom. The second kappa shape index (κ2) is 16.5. The summed E-state index contributed by atoms with van der Waals surface area (Å²) in [7, 11) is 0. The van der Waals surface area contributed by atoms with Crippen molar-refractivity contribution in [1.29, 1.82) is 0 Å². The first-order valence-electron chi connectivity index (χ1n) is 12.6. The van der Waals surface area contributed by atoms with E-state index >= 15 is 0 Å². The van der Waals surface area contributed by atoms with Gasteiger partial charge in [-0.2, -0.15) is 0 Å². The average molecular weight is 489 g/mol. The molecule has 0 radical (unpaired) electrons. The van der Waals surface area contributed by atoms with Crippen LogP contribution in [0.25, 0.3) is 0 Å². The molecule has 174 valence electrons. The number of quaternary nitrogens is 1. The zero-order valence-electron chi connectivity index (χ0n) is 20.4. The average Bonchev–Trinajstić information content (AvgIpc) is 2.77. The van der Waals surface area contributed by atoms with Crippen molar-refractivity contribution in [1.82, 2.24) is 0 Å². The van der Waals surface area contributed by atoms with E-state index in [1.54, 1.807) is 0 Å². The lowest BCUT2D eigenvalue weighted by atomic mass is 9.92. The summed E-state index contributed by atoms with van der Waals surface area (Å²) in [6.07, 6.45) is 12.2. The fraction of sp³-hybridized carbons (Fsp3) is 0.586. The summed E-state index contributed by atoms with van der Waals surface area (Å²) in [5.41, 5.74) is 3.00. The van der Waals surface area contributed by atoms with E-state index in [-0.39, 0.29) is 17.0 Å². The van der Waals surface area contributed by atoms with Crippen molar-refractivity contribution >= 4 is 0 Å². The summed E-state index contributed by atoms with van der Waals surface area (Å²) >= 11 is 0. The number of hydrogen-bond acceptors (Lipinski definition) is 0. The van der Waals surface area contributed by atoms with Crippen molar-refractivity contribution in [2.24, 2.45) is 5.92 Å². The number of unbranched alkanes of at least 4 members (excludes halogenated alkanes) is 5. The summed E-state index contributed by atoms with van der Waals surface area (Å²) < 4.78 is 1.25. The van der Waals surface area contributed by atoms with Crippen LogP contribution in [-0.2, 0) is 13.0 Å². The minimum atomic E-state index is 0. The lowest BCUT2D eigenvalue weighted by Gasteiger charge is -2.41. The fourth-order valence-electron chi connectivity index (χ4n) is 4.99. The molecule has 0 fully saturated rings. The van der Waals surface area contributed by atoms with Gasteiger partial charge in [0.25, 0.3) is 0 Å². The van der Waals surface area contributed by atoms with Crippen molar-refractivity contribution in [3.8, 4) is 0 Å². The normalized spacial score (nSPS) is 13.9. The second-order valence-corrected chi connectivity index (χ2v) is 9.32. The molecule has 0 aliphatic carbocycles. The van der Waals surface area contributed by atoms with E-state index in [0.717, 1.165) is 5.92 Å². The summed E-state index contributed by atoms with van der Waals surface area (Å²) in [5.74, 6) is 0.765. The smallest absolute Gasteiger partial charge is 0.104 e. The standard InChI is InChI=1S/C29H46N.BrH/c1-4-7-8-9-10-17-23-30(6-3,25-28-21-15-12-16-22-28)26-29(18-5-2)24-27-19-13-11-14-20-27;/h11-16,19-22,29H,4-10,17-18,23-26H2,1-3H3;1H/q+1;/p-1. The third kappa shape index (κ3) is 10.8. The molecular formula is C29H46BrN. The number of nitrogens with zero attached hydrogens (tertiary/aromatic N) is 1. The van der Waals surface area contributed by atoms with E-state index < -0.39 is 0 Å². The molecule has 0 bridgehead atoms. The molecule has 0 N–H and O–H groups in total. The van der Waals surface area contributed by atoms with E-state index in [4.69, 9.17) is 0 Å². The van der Waals surface area contributed by atoms with E-state index in [9.17, 15) is 0 Å². The summed E-state index contributed by atoms with van der Waals surface area (Å²) in [5, 5.41) is 0. The Kier molecular flexibility index (Phi) is 14.9. The maximum atomic E-state index is 2.42. The second-order valence-electron chi connectivity index (χ2n) is 9.32. The van der Waals surface area contributed by atoms with E-state index in [1.807, 2.05) is 0 Å². The molecule has 2 aromatic rings. The first kappa shape index (κ1) is 27.9.